The number of benzene rings is 1. The lowest BCUT2D eigenvalue weighted by atomic mass is 9.96. The number of H-pyrrole nitrogens is 1. The van der Waals surface area contributed by atoms with E-state index < -0.39 is 0 Å². The Morgan fingerprint density at radius 1 is 0.964 bits per heavy atom. The van der Waals surface area contributed by atoms with Crippen LogP contribution in [0.1, 0.15) is 44.3 Å². The van der Waals surface area contributed by atoms with Crippen molar-refractivity contribution in [3.63, 3.8) is 0 Å². The van der Waals surface area contributed by atoms with Crippen molar-refractivity contribution in [2.24, 2.45) is 5.92 Å². The van der Waals surface area contributed by atoms with Gasteiger partial charge in [-0.3, -0.25) is 0 Å². The van der Waals surface area contributed by atoms with Crippen molar-refractivity contribution in [2.75, 3.05) is 36.0 Å². The van der Waals surface area contributed by atoms with E-state index in [-0.39, 0.29) is 0 Å². The van der Waals surface area contributed by atoms with E-state index in [4.69, 9.17) is 4.98 Å². The molecule has 0 saturated carbocycles. The van der Waals surface area contributed by atoms with Gasteiger partial charge in [-0.05, 0) is 43.7 Å². The molecule has 0 amide bonds. The molecule has 146 valence electrons. The number of anilines is 2. The molecule has 6 nitrogen and oxygen atoms in total. The van der Waals surface area contributed by atoms with Gasteiger partial charge in [0.25, 0.3) is 0 Å². The highest BCUT2D eigenvalue weighted by atomic mass is 15.2. The van der Waals surface area contributed by atoms with E-state index in [0.717, 1.165) is 73.4 Å². The Balaban J connectivity index is 1.27. The first kappa shape index (κ1) is 17.5. The van der Waals surface area contributed by atoms with Gasteiger partial charge in [-0.2, -0.15) is 0 Å². The van der Waals surface area contributed by atoms with Crippen LogP contribution >= 0.6 is 0 Å². The summed E-state index contributed by atoms with van der Waals surface area (Å²) in [6.45, 7) is 6.56. The maximum atomic E-state index is 4.81. The zero-order chi connectivity index (χ0) is 18.9. The quantitative estimate of drug-likeness (QED) is 0.749. The normalized spacial score (nSPS) is 21.4. The fourth-order valence-corrected chi connectivity index (χ4v) is 4.63. The van der Waals surface area contributed by atoms with Crippen molar-refractivity contribution < 1.29 is 0 Å². The fourth-order valence-electron chi connectivity index (χ4n) is 4.63. The van der Waals surface area contributed by atoms with Crippen LogP contribution in [0, 0.1) is 5.92 Å². The lowest BCUT2D eigenvalue weighted by molar-refractivity contribution is 0.444. The number of para-hydroxylation sites is 2. The second kappa shape index (κ2) is 7.41. The summed E-state index contributed by atoms with van der Waals surface area (Å²) in [5, 5.41) is 0. The number of imidazole rings is 1. The van der Waals surface area contributed by atoms with Gasteiger partial charge in [0.2, 0.25) is 0 Å². The number of hydrogen-bond donors (Lipinski definition) is 1. The minimum Gasteiger partial charge on any atom is -0.356 e. The van der Waals surface area contributed by atoms with Gasteiger partial charge in [0.15, 0.2) is 0 Å². The Kier molecular flexibility index (Phi) is 4.63. The van der Waals surface area contributed by atoms with E-state index in [9.17, 15) is 0 Å². The van der Waals surface area contributed by atoms with E-state index in [1.165, 1.54) is 12.8 Å². The highest BCUT2D eigenvalue weighted by Crippen LogP contribution is 2.30. The molecule has 2 fully saturated rings. The topological polar surface area (TPSA) is 60.9 Å². The Bertz CT molecular complexity index is 910. The van der Waals surface area contributed by atoms with Crippen LogP contribution in [-0.4, -0.2) is 46.1 Å². The van der Waals surface area contributed by atoms with E-state index in [0.29, 0.717) is 5.92 Å². The number of nitrogens with zero attached hydrogens (tertiary/aromatic N) is 5. The molecule has 0 bridgehead atoms. The molecular formula is C22H28N6. The second-order valence-corrected chi connectivity index (χ2v) is 8.33. The molecule has 3 aromatic rings. The van der Waals surface area contributed by atoms with Crippen molar-refractivity contribution >= 4 is 22.7 Å². The van der Waals surface area contributed by atoms with E-state index in [2.05, 4.69) is 55.9 Å². The summed E-state index contributed by atoms with van der Waals surface area (Å²) in [6, 6.07) is 10.5. The first-order valence-electron chi connectivity index (χ1n) is 10.5. The Labute approximate surface area is 166 Å². The molecule has 2 saturated heterocycles. The second-order valence-electron chi connectivity index (χ2n) is 8.33. The number of hydrogen-bond acceptors (Lipinski definition) is 5. The van der Waals surface area contributed by atoms with E-state index in [1.807, 2.05) is 6.07 Å². The van der Waals surface area contributed by atoms with E-state index in [1.54, 1.807) is 6.33 Å². The number of piperidine rings is 2. The van der Waals surface area contributed by atoms with Gasteiger partial charge in [-0.15, -0.1) is 0 Å². The predicted molar refractivity (Wildman–Crippen MR) is 113 cm³/mol. The molecule has 1 atom stereocenters. The summed E-state index contributed by atoms with van der Waals surface area (Å²) in [5.74, 6) is 4.51. The third-order valence-electron chi connectivity index (χ3n) is 6.23. The molecule has 0 radical (unpaired) electrons. The molecule has 1 aromatic carbocycles. The van der Waals surface area contributed by atoms with Gasteiger partial charge in [0.05, 0.1) is 11.0 Å². The van der Waals surface area contributed by atoms with Crippen molar-refractivity contribution in [1.82, 2.24) is 19.9 Å². The lowest BCUT2D eigenvalue weighted by Crippen LogP contribution is -2.36. The van der Waals surface area contributed by atoms with Gasteiger partial charge in [0, 0.05) is 38.2 Å². The van der Waals surface area contributed by atoms with Crippen LogP contribution in [-0.2, 0) is 0 Å². The minimum absolute atomic E-state index is 0.493. The van der Waals surface area contributed by atoms with Crippen LogP contribution in [0.5, 0.6) is 0 Å². The third-order valence-corrected chi connectivity index (χ3v) is 6.23. The molecule has 2 aliphatic rings. The molecule has 28 heavy (non-hydrogen) atoms. The number of aromatic nitrogens is 4. The average molecular weight is 377 g/mol. The van der Waals surface area contributed by atoms with Crippen molar-refractivity contribution in [3.05, 3.63) is 42.5 Å². The minimum atomic E-state index is 0.493. The van der Waals surface area contributed by atoms with Crippen LogP contribution in [0.25, 0.3) is 11.0 Å². The molecule has 6 heteroatoms. The average Bonchev–Trinajstić information content (AvgIpc) is 3.18. The van der Waals surface area contributed by atoms with E-state index >= 15 is 0 Å². The van der Waals surface area contributed by atoms with Crippen molar-refractivity contribution in [3.8, 4) is 0 Å². The SMILES string of the molecule is CC1CCCN(c2cc(N3CCC(c4nc5ccccc5[nH]4)CC3)ncn2)C1. The van der Waals surface area contributed by atoms with Crippen LogP contribution in [0.4, 0.5) is 11.6 Å². The summed E-state index contributed by atoms with van der Waals surface area (Å²) < 4.78 is 0. The molecule has 0 aliphatic carbocycles. The zero-order valence-electron chi connectivity index (χ0n) is 16.5. The largest absolute Gasteiger partial charge is 0.356 e. The Morgan fingerprint density at radius 3 is 2.54 bits per heavy atom. The monoisotopic (exact) mass is 376 g/mol. The smallest absolute Gasteiger partial charge is 0.134 e. The third kappa shape index (κ3) is 3.43. The molecule has 0 spiro atoms. The maximum absolute atomic E-state index is 4.81. The van der Waals surface area contributed by atoms with Crippen LogP contribution in [0.15, 0.2) is 36.7 Å². The Hall–Kier alpha value is -2.63. The number of rotatable bonds is 3. The highest BCUT2D eigenvalue weighted by Gasteiger charge is 2.25. The maximum Gasteiger partial charge on any atom is 0.134 e. The summed E-state index contributed by atoms with van der Waals surface area (Å²) >= 11 is 0. The molecule has 4 heterocycles. The molecule has 2 aromatic heterocycles. The molecule has 1 unspecified atom stereocenters. The van der Waals surface area contributed by atoms with Gasteiger partial charge in [0.1, 0.15) is 23.8 Å². The van der Waals surface area contributed by atoms with Crippen LogP contribution in [0.2, 0.25) is 0 Å². The first-order chi connectivity index (χ1) is 13.8. The standard InChI is InChI=1S/C22H28N6/c1-16-5-4-10-28(14-16)21-13-20(23-15-24-21)27-11-8-17(9-12-27)22-25-18-6-2-3-7-19(18)26-22/h2-3,6-7,13,15-17H,4-5,8-12,14H2,1H3,(H,25,26). The van der Waals surface area contributed by atoms with Crippen LogP contribution < -0.4 is 9.80 Å². The summed E-state index contributed by atoms with van der Waals surface area (Å²) in [5.41, 5.74) is 2.20. The number of aromatic amines is 1. The van der Waals surface area contributed by atoms with Gasteiger partial charge in [-0.1, -0.05) is 19.1 Å². The van der Waals surface area contributed by atoms with Gasteiger partial charge < -0.3 is 14.8 Å². The van der Waals surface area contributed by atoms with Crippen molar-refractivity contribution in [2.45, 2.75) is 38.5 Å². The molecular weight excluding hydrogens is 348 g/mol. The predicted octanol–water partition coefficient (Wildman–Crippen LogP) is 3.97. The molecule has 5 rings (SSSR count). The first-order valence-corrected chi connectivity index (χ1v) is 10.5. The number of nitrogens with one attached hydrogen (secondary N) is 1. The molecule has 1 N–H and O–H groups in total. The Morgan fingerprint density at radius 2 is 1.75 bits per heavy atom. The fraction of sp³-hybridized carbons (Fsp3) is 0.500. The van der Waals surface area contributed by atoms with Gasteiger partial charge >= 0.3 is 0 Å². The number of fused-ring (bicyclic) bond motifs is 1. The lowest BCUT2D eigenvalue weighted by Gasteiger charge is -2.34. The molecule has 2 aliphatic heterocycles. The summed E-state index contributed by atoms with van der Waals surface area (Å²) in [7, 11) is 0. The van der Waals surface area contributed by atoms with Crippen molar-refractivity contribution in [1.29, 1.82) is 0 Å². The summed E-state index contributed by atoms with van der Waals surface area (Å²) in [4.78, 5) is 22.3. The van der Waals surface area contributed by atoms with Crippen LogP contribution in [0.3, 0.4) is 0 Å². The zero-order valence-corrected chi connectivity index (χ0v) is 16.5. The summed E-state index contributed by atoms with van der Waals surface area (Å²) in [6.07, 6.45) is 6.50. The highest BCUT2D eigenvalue weighted by molar-refractivity contribution is 5.74. The van der Waals surface area contributed by atoms with Gasteiger partial charge in [-0.25, -0.2) is 15.0 Å².